The van der Waals surface area contributed by atoms with Gasteiger partial charge in [-0.25, -0.2) is 13.1 Å². The number of methoxy groups -OCH3 is 1. The summed E-state index contributed by atoms with van der Waals surface area (Å²) < 4.78 is 33.4. The van der Waals surface area contributed by atoms with Crippen LogP contribution in [0.2, 0.25) is 5.02 Å². The highest BCUT2D eigenvalue weighted by molar-refractivity contribution is 7.89. The molecule has 1 heterocycles. The van der Waals surface area contributed by atoms with Crippen molar-refractivity contribution in [2.75, 3.05) is 14.2 Å². The van der Waals surface area contributed by atoms with Gasteiger partial charge in [-0.15, -0.1) is 0 Å². The lowest BCUT2D eigenvalue weighted by Crippen LogP contribution is -2.40. The zero-order valence-corrected chi connectivity index (χ0v) is 19.9. The van der Waals surface area contributed by atoms with Crippen LogP contribution in [0, 0.1) is 13.8 Å². The first-order valence-electron chi connectivity index (χ1n) is 9.35. The molecule has 0 bridgehead atoms. The first-order chi connectivity index (χ1) is 13.8. The van der Waals surface area contributed by atoms with E-state index < -0.39 is 15.6 Å². The van der Waals surface area contributed by atoms with Crippen LogP contribution in [0.25, 0.3) is 0 Å². The lowest BCUT2D eigenvalue weighted by atomic mass is 10.1. The van der Waals surface area contributed by atoms with E-state index in [1.165, 1.54) is 23.1 Å². The van der Waals surface area contributed by atoms with Gasteiger partial charge >= 0.3 is 0 Å². The van der Waals surface area contributed by atoms with E-state index in [4.69, 9.17) is 16.3 Å². The summed E-state index contributed by atoms with van der Waals surface area (Å²) in [6, 6.07) is 4.22. The van der Waals surface area contributed by atoms with Gasteiger partial charge in [-0.2, -0.15) is 0 Å². The molecule has 2 rings (SSSR count). The molecule has 7 nitrogen and oxygen atoms in total. The van der Waals surface area contributed by atoms with Gasteiger partial charge < -0.3 is 9.64 Å². The third kappa shape index (κ3) is 5.50. The number of hydrogen-bond acceptors (Lipinski definition) is 5. The normalized spacial score (nSPS) is 12.0. The minimum atomic E-state index is -3.89. The molecule has 9 heteroatoms. The molecule has 0 unspecified atom stereocenters. The monoisotopic (exact) mass is 453 g/mol. The molecule has 0 aliphatic carbocycles. The van der Waals surface area contributed by atoms with Gasteiger partial charge in [-0.05, 0) is 52.8 Å². The number of carbonyl (C=O) groups is 1. The van der Waals surface area contributed by atoms with Crippen LogP contribution < -0.4 is 9.46 Å². The lowest BCUT2D eigenvalue weighted by molar-refractivity contribution is 0.0783. The summed E-state index contributed by atoms with van der Waals surface area (Å²) in [5.74, 6) is 0.383. The van der Waals surface area contributed by atoms with Gasteiger partial charge in [0.2, 0.25) is 10.0 Å². The van der Waals surface area contributed by atoms with Crippen LogP contribution in [0.15, 0.2) is 29.3 Å². The molecule has 1 N–H and O–H groups in total. The number of amides is 1. The second kappa shape index (κ2) is 8.91. The van der Waals surface area contributed by atoms with E-state index >= 15 is 0 Å². The Morgan fingerprint density at radius 1 is 1.27 bits per heavy atom. The molecule has 0 saturated carbocycles. The number of nitrogens with zero attached hydrogens (tertiary/aromatic N) is 2. The average molecular weight is 454 g/mol. The van der Waals surface area contributed by atoms with Crippen molar-refractivity contribution in [3.8, 4) is 5.75 Å². The van der Waals surface area contributed by atoms with Crippen molar-refractivity contribution in [1.29, 1.82) is 0 Å². The lowest BCUT2D eigenvalue weighted by Gasteiger charge is -2.22. The number of aromatic nitrogens is 1. The van der Waals surface area contributed by atoms with Crippen LogP contribution in [0.4, 0.5) is 0 Å². The number of nitrogens with one attached hydrogen (secondary N) is 1. The molecule has 0 spiro atoms. The molecular formula is C21H28ClN3O4S. The largest absolute Gasteiger partial charge is 0.496 e. The molecule has 0 atom stereocenters. The highest BCUT2D eigenvalue weighted by Crippen LogP contribution is 2.26. The van der Waals surface area contributed by atoms with E-state index in [0.717, 1.165) is 16.9 Å². The van der Waals surface area contributed by atoms with Gasteiger partial charge in [-0.3, -0.25) is 9.78 Å². The Labute approximate surface area is 183 Å². The van der Waals surface area contributed by atoms with Crippen LogP contribution >= 0.6 is 11.6 Å². The van der Waals surface area contributed by atoms with Crippen LogP contribution in [-0.4, -0.2) is 43.9 Å². The average Bonchev–Trinajstić information content (AvgIpc) is 2.62. The van der Waals surface area contributed by atoms with E-state index in [1.807, 2.05) is 13.8 Å². The number of halogens is 1. The molecule has 0 saturated heterocycles. The van der Waals surface area contributed by atoms with E-state index in [-0.39, 0.29) is 27.9 Å². The molecule has 164 valence electrons. The van der Waals surface area contributed by atoms with Crippen molar-refractivity contribution >= 4 is 27.5 Å². The molecule has 30 heavy (non-hydrogen) atoms. The third-order valence-corrected chi connectivity index (χ3v) is 6.63. The number of sulfonamides is 1. The van der Waals surface area contributed by atoms with Gasteiger partial charge in [0.05, 0.1) is 24.4 Å². The van der Waals surface area contributed by atoms with Crippen LogP contribution in [0.1, 0.15) is 48.0 Å². The SMILES string of the molecule is COc1c(C)cnc(CN(C)C(=O)c2ccc(Cl)c(S(=O)(=O)NC(C)(C)C)c2)c1C. The summed E-state index contributed by atoms with van der Waals surface area (Å²) in [4.78, 5) is 18.7. The quantitative estimate of drug-likeness (QED) is 0.720. The topological polar surface area (TPSA) is 88.6 Å². The molecule has 0 fully saturated rings. The first-order valence-corrected chi connectivity index (χ1v) is 11.2. The molecule has 0 radical (unpaired) electrons. The minimum Gasteiger partial charge on any atom is -0.496 e. The summed E-state index contributed by atoms with van der Waals surface area (Å²) in [7, 11) is -0.668. The smallest absolute Gasteiger partial charge is 0.253 e. The summed E-state index contributed by atoms with van der Waals surface area (Å²) in [5.41, 5.74) is 1.99. The summed E-state index contributed by atoms with van der Waals surface area (Å²) >= 11 is 6.12. The van der Waals surface area contributed by atoms with Crippen molar-refractivity contribution in [1.82, 2.24) is 14.6 Å². The van der Waals surface area contributed by atoms with E-state index in [9.17, 15) is 13.2 Å². The Balaban J connectivity index is 2.34. The van der Waals surface area contributed by atoms with Crippen molar-refractivity contribution in [3.05, 3.63) is 51.8 Å². The van der Waals surface area contributed by atoms with Crippen molar-refractivity contribution in [2.24, 2.45) is 0 Å². The number of pyridine rings is 1. The third-order valence-electron chi connectivity index (χ3n) is 4.39. The van der Waals surface area contributed by atoms with Crippen molar-refractivity contribution in [3.63, 3.8) is 0 Å². The fourth-order valence-electron chi connectivity index (χ4n) is 3.05. The molecule has 1 amide bonds. The molecule has 2 aromatic rings. The van der Waals surface area contributed by atoms with Crippen LogP contribution in [0.5, 0.6) is 5.75 Å². The van der Waals surface area contributed by atoms with Gasteiger partial charge in [0.25, 0.3) is 5.91 Å². The van der Waals surface area contributed by atoms with Gasteiger partial charge in [0.15, 0.2) is 0 Å². The van der Waals surface area contributed by atoms with Crippen LogP contribution in [0.3, 0.4) is 0 Å². The molecule has 0 aliphatic heterocycles. The Morgan fingerprint density at radius 3 is 2.47 bits per heavy atom. The van der Waals surface area contributed by atoms with Gasteiger partial charge in [0, 0.05) is 35.5 Å². The minimum absolute atomic E-state index is 0.0479. The zero-order chi connectivity index (χ0) is 22.9. The summed E-state index contributed by atoms with van der Waals surface area (Å²) in [6.45, 7) is 9.22. The number of benzene rings is 1. The Hall–Kier alpha value is -2.16. The Morgan fingerprint density at radius 2 is 1.90 bits per heavy atom. The summed E-state index contributed by atoms with van der Waals surface area (Å²) in [6.07, 6.45) is 1.70. The van der Waals surface area contributed by atoms with Gasteiger partial charge in [-0.1, -0.05) is 11.6 Å². The van der Waals surface area contributed by atoms with Gasteiger partial charge in [0.1, 0.15) is 10.6 Å². The number of aryl methyl sites for hydroxylation is 1. The first kappa shape index (κ1) is 24.1. The second-order valence-electron chi connectivity index (χ2n) is 8.21. The second-order valence-corrected chi connectivity index (χ2v) is 10.3. The fourth-order valence-corrected chi connectivity index (χ4v) is 4.99. The summed E-state index contributed by atoms with van der Waals surface area (Å²) in [5, 5.41) is 0.0479. The zero-order valence-electron chi connectivity index (χ0n) is 18.3. The van der Waals surface area contributed by atoms with E-state index in [0.29, 0.717) is 5.69 Å². The van der Waals surface area contributed by atoms with Crippen molar-refractivity contribution in [2.45, 2.75) is 51.6 Å². The number of rotatable bonds is 6. The maximum atomic E-state index is 13.0. The number of carbonyl (C=O) groups excluding carboxylic acids is 1. The highest BCUT2D eigenvalue weighted by atomic mass is 35.5. The van der Waals surface area contributed by atoms with Crippen LogP contribution in [-0.2, 0) is 16.6 Å². The Kier molecular flexibility index (Phi) is 7.16. The van der Waals surface area contributed by atoms with Crippen molar-refractivity contribution < 1.29 is 17.9 Å². The molecule has 1 aromatic carbocycles. The molecule has 0 aliphatic rings. The Bertz CT molecular complexity index is 1060. The molecule has 1 aromatic heterocycles. The number of hydrogen-bond donors (Lipinski definition) is 1. The molecular weight excluding hydrogens is 426 g/mol. The predicted molar refractivity (Wildman–Crippen MR) is 118 cm³/mol. The maximum absolute atomic E-state index is 13.0. The van der Waals surface area contributed by atoms with E-state index in [1.54, 1.807) is 41.1 Å². The standard InChI is InChI=1S/C21H28ClN3O4S/c1-13-11-23-17(14(2)19(13)29-7)12-25(6)20(26)15-8-9-16(22)18(10-15)30(27,28)24-21(3,4)5/h8-11,24H,12H2,1-7H3. The highest BCUT2D eigenvalue weighted by Gasteiger charge is 2.26. The maximum Gasteiger partial charge on any atom is 0.253 e. The number of ether oxygens (including phenoxy) is 1. The fraction of sp³-hybridized carbons (Fsp3) is 0.429. The van der Waals surface area contributed by atoms with E-state index in [2.05, 4.69) is 9.71 Å². The predicted octanol–water partition coefficient (Wildman–Crippen LogP) is 3.71.